The summed E-state index contributed by atoms with van der Waals surface area (Å²) in [5.41, 5.74) is 3.72. The second-order valence-corrected chi connectivity index (χ2v) is 8.19. The van der Waals surface area contributed by atoms with Crippen LogP contribution in [0.5, 0.6) is 0 Å². The van der Waals surface area contributed by atoms with Gasteiger partial charge >= 0.3 is 0 Å². The smallest absolute Gasteiger partial charge is 0.274 e. The molecule has 158 valence electrons. The molecule has 1 unspecified atom stereocenters. The number of piperazine rings is 1. The van der Waals surface area contributed by atoms with Gasteiger partial charge in [-0.05, 0) is 38.0 Å². The van der Waals surface area contributed by atoms with Gasteiger partial charge in [-0.1, -0.05) is 30.7 Å². The van der Waals surface area contributed by atoms with Crippen LogP contribution < -0.4 is 5.32 Å². The number of hydrogen-bond donors (Lipinski definition) is 1. The third kappa shape index (κ3) is 3.86. The lowest BCUT2D eigenvalue weighted by Crippen LogP contribution is -2.54. The van der Waals surface area contributed by atoms with Crippen molar-refractivity contribution in [2.24, 2.45) is 5.92 Å². The Labute approximate surface area is 177 Å². The Morgan fingerprint density at radius 2 is 2.03 bits per heavy atom. The Kier molecular flexibility index (Phi) is 5.66. The number of hydrogen-bond acceptors (Lipinski definition) is 4. The van der Waals surface area contributed by atoms with E-state index in [1.165, 1.54) is 0 Å². The Hall–Kier alpha value is -3.02. The quantitative estimate of drug-likeness (QED) is 0.783. The number of methoxy groups -OCH3 is 1. The van der Waals surface area contributed by atoms with Gasteiger partial charge in [-0.3, -0.25) is 9.59 Å². The highest BCUT2D eigenvalue weighted by Crippen LogP contribution is 2.39. The van der Waals surface area contributed by atoms with E-state index in [1.807, 2.05) is 48.2 Å². The van der Waals surface area contributed by atoms with Crippen molar-refractivity contribution < 1.29 is 14.3 Å². The summed E-state index contributed by atoms with van der Waals surface area (Å²) in [6.45, 7) is 5.56. The number of fused-ring (bicyclic) bond motifs is 3. The molecule has 2 aliphatic heterocycles. The lowest BCUT2D eigenvalue weighted by Gasteiger charge is -2.47. The van der Waals surface area contributed by atoms with E-state index in [1.54, 1.807) is 7.11 Å². The van der Waals surface area contributed by atoms with Crippen molar-refractivity contribution in [3.8, 4) is 0 Å². The van der Waals surface area contributed by atoms with Gasteiger partial charge in [-0.15, -0.1) is 0 Å². The van der Waals surface area contributed by atoms with Crippen molar-refractivity contribution in [2.75, 3.05) is 25.5 Å². The SMILES string of the molecule is COC1=C[C@@H](C)C2C(=C1)N(CCCC(=O)Nc1ccc(C)cc1)C(=O)C1=CCCN12. The maximum Gasteiger partial charge on any atom is 0.274 e. The van der Waals surface area contributed by atoms with E-state index < -0.39 is 0 Å². The fourth-order valence-corrected chi connectivity index (χ4v) is 4.53. The molecule has 1 aromatic carbocycles. The summed E-state index contributed by atoms with van der Waals surface area (Å²) < 4.78 is 5.47. The predicted octanol–water partition coefficient (Wildman–Crippen LogP) is 3.58. The molecule has 1 aromatic rings. The van der Waals surface area contributed by atoms with E-state index >= 15 is 0 Å². The standard InChI is InChI=1S/C24H29N3O3/c1-16-8-10-18(11-9-16)25-22(28)7-5-13-27-21-15-19(30-3)14-17(2)23(21)26-12-4-6-20(26)24(27)29/h6,8-11,14-15,17,23H,4-5,7,12-13H2,1-3H3,(H,25,28)/t17-,23?/m1/s1. The molecule has 0 spiro atoms. The van der Waals surface area contributed by atoms with Crippen molar-refractivity contribution in [1.82, 2.24) is 9.80 Å². The molecule has 4 rings (SSSR count). The molecule has 0 bridgehead atoms. The molecule has 0 aromatic heterocycles. The van der Waals surface area contributed by atoms with Crippen LogP contribution in [0.25, 0.3) is 0 Å². The van der Waals surface area contributed by atoms with Gasteiger partial charge in [0, 0.05) is 42.9 Å². The van der Waals surface area contributed by atoms with E-state index in [0.29, 0.717) is 19.4 Å². The summed E-state index contributed by atoms with van der Waals surface area (Å²) in [4.78, 5) is 29.6. The van der Waals surface area contributed by atoms with Crippen LogP contribution in [-0.2, 0) is 14.3 Å². The average molecular weight is 408 g/mol. The summed E-state index contributed by atoms with van der Waals surface area (Å²) in [5, 5.41) is 2.93. The minimum Gasteiger partial charge on any atom is -0.497 e. The minimum atomic E-state index is -0.0370. The highest BCUT2D eigenvalue weighted by molar-refractivity contribution is 5.96. The number of carbonyl (C=O) groups is 2. The summed E-state index contributed by atoms with van der Waals surface area (Å²) in [7, 11) is 1.65. The molecular weight excluding hydrogens is 378 g/mol. The van der Waals surface area contributed by atoms with Crippen LogP contribution in [0.4, 0.5) is 5.69 Å². The topological polar surface area (TPSA) is 61.9 Å². The number of allylic oxidation sites excluding steroid dienone is 1. The number of anilines is 1. The molecule has 0 saturated carbocycles. The first-order valence-electron chi connectivity index (χ1n) is 10.6. The fourth-order valence-electron chi connectivity index (χ4n) is 4.53. The molecule has 3 aliphatic rings. The second-order valence-electron chi connectivity index (χ2n) is 8.19. The molecule has 1 fully saturated rings. The van der Waals surface area contributed by atoms with Crippen molar-refractivity contribution in [1.29, 1.82) is 0 Å². The molecule has 6 nitrogen and oxygen atoms in total. The van der Waals surface area contributed by atoms with Crippen molar-refractivity contribution in [3.63, 3.8) is 0 Å². The van der Waals surface area contributed by atoms with Gasteiger partial charge < -0.3 is 19.9 Å². The molecule has 1 saturated heterocycles. The maximum absolute atomic E-state index is 13.2. The van der Waals surface area contributed by atoms with E-state index in [-0.39, 0.29) is 23.8 Å². The number of carbonyl (C=O) groups excluding carboxylic acids is 2. The van der Waals surface area contributed by atoms with Gasteiger partial charge in [-0.25, -0.2) is 0 Å². The molecule has 2 heterocycles. The molecule has 30 heavy (non-hydrogen) atoms. The molecule has 1 N–H and O–H groups in total. The van der Waals surface area contributed by atoms with Crippen LogP contribution in [0.3, 0.4) is 0 Å². The first-order chi connectivity index (χ1) is 14.5. The Morgan fingerprint density at radius 3 is 2.77 bits per heavy atom. The van der Waals surface area contributed by atoms with Crippen LogP contribution in [0.15, 0.2) is 59.6 Å². The molecule has 0 radical (unpaired) electrons. The normalized spacial score (nSPS) is 22.6. The number of benzene rings is 1. The molecule has 2 amide bonds. The fraction of sp³-hybridized carbons (Fsp3) is 0.417. The number of aryl methyl sites for hydroxylation is 1. The van der Waals surface area contributed by atoms with Gasteiger partial charge in [-0.2, -0.15) is 0 Å². The van der Waals surface area contributed by atoms with Gasteiger partial charge in [0.05, 0.1) is 18.8 Å². The number of nitrogens with zero attached hydrogens (tertiary/aromatic N) is 2. The van der Waals surface area contributed by atoms with Crippen molar-refractivity contribution in [2.45, 2.75) is 39.2 Å². The lowest BCUT2D eigenvalue weighted by atomic mass is 9.88. The van der Waals surface area contributed by atoms with E-state index in [2.05, 4.69) is 23.2 Å². The van der Waals surface area contributed by atoms with Crippen LogP contribution in [0.1, 0.15) is 31.7 Å². The van der Waals surface area contributed by atoms with Gasteiger partial charge in [0.15, 0.2) is 0 Å². The summed E-state index contributed by atoms with van der Waals surface area (Å²) in [6, 6.07) is 7.89. The summed E-state index contributed by atoms with van der Waals surface area (Å²) in [5.74, 6) is 1.01. The lowest BCUT2D eigenvalue weighted by molar-refractivity contribution is -0.130. The largest absolute Gasteiger partial charge is 0.497 e. The van der Waals surface area contributed by atoms with Crippen LogP contribution in [-0.4, -0.2) is 47.9 Å². The number of nitrogens with one attached hydrogen (secondary N) is 1. The maximum atomic E-state index is 13.2. The van der Waals surface area contributed by atoms with Gasteiger partial charge in [0.25, 0.3) is 5.91 Å². The zero-order chi connectivity index (χ0) is 21.3. The molecule has 6 heteroatoms. The monoisotopic (exact) mass is 407 g/mol. The van der Waals surface area contributed by atoms with Crippen molar-refractivity contribution in [3.05, 3.63) is 65.2 Å². The van der Waals surface area contributed by atoms with E-state index in [0.717, 1.165) is 41.4 Å². The van der Waals surface area contributed by atoms with Crippen LogP contribution >= 0.6 is 0 Å². The highest BCUT2D eigenvalue weighted by atomic mass is 16.5. The van der Waals surface area contributed by atoms with Gasteiger partial charge in [0.1, 0.15) is 5.76 Å². The number of ether oxygens (including phenoxy) is 1. The number of amides is 2. The Morgan fingerprint density at radius 1 is 1.27 bits per heavy atom. The predicted molar refractivity (Wildman–Crippen MR) is 116 cm³/mol. The van der Waals surface area contributed by atoms with E-state index in [9.17, 15) is 9.59 Å². The first kappa shape index (κ1) is 20.3. The van der Waals surface area contributed by atoms with Crippen LogP contribution in [0.2, 0.25) is 0 Å². The Bertz CT molecular complexity index is 930. The molecular formula is C24H29N3O3. The third-order valence-corrected chi connectivity index (χ3v) is 6.00. The van der Waals surface area contributed by atoms with Gasteiger partial charge in [0.2, 0.25) is 5.91 Å². The molecule has 2 atom stereocenters. The molecule has 1 aliphatic carbocycles. The first-order valence-corrected chi connectivity index (χ1v) is 10.6. The zero-order valence-electron chi connectivity index (χ0n) is 17.9. The summed E-state index contributed by atoms with van der Waals surface area (Å²) >= 11 is 0. The minimum absolute atomic E-state index is 0.0264. The third-order valence-electron chi connectivity index (χ3n) is 6.00. The second kappa shape index (κ2) is 8.38. The van der Waals surface area contributed by atoms with Crippen molar-refractivity contribution >= 4 is 17.5 Å². The van der Waals surface area contributed by atoms with E-state index in [4.69, 9.17) is 4.74 Å². The van der Waals surface area contributed by atoms with Crippen LogP contribution in [0, 0.1) is 12.8 Å². The Balaban J connectivity index is 1.44. The number of rotatable bonds is 6. The average Bonchev–Trinajstić information content (AvgIpc) is 3.21. The zero-order valence-corrected chi connectivity index (χ0v) is 17.9. The highest BCUT2D eigenvalue weighted by Gasteiger charge is 2.44. The summed E-state index contributed by atoms with van der Waals surface area (Å²) in [6.07, 6.45) is 7.99.